The molecule has 1 N–H and O–H groups in total. The minimum Gasteiger partial charge on any atom is -0.355 e. The molecular weight excluding hydrogens is 328 g/mol. The van der Waals surface area contributed by atoms with Gasteiger partial charge in [-0.2, -0.15) is 0 Å². The minimum absolute atomic E-state index is 0.220. The third kappa shape index (κ3) is 4.55. The lowest BCUT2D eigenvalue weighted by Crippen LogP contribution is -2.33. The fourth-order valence-corrected chi connectivity index (χ4v) is 3.96. The summed E-state index contributed by atoms with van der Waals surface area (Å²) < 4.78 is 0. The predicted octanol–water partition coefficient (Wildman–Crippen LogP) is 4.70. The van der Waals surface area contributed by atoms with E-state index in [-0.39, 0.29) is 11.8 Å². The van der Waals surface area contributed by atoms with Crippen LogP contribution < -0.4 is 5.32 Å². The first kappa shape index (κ1) is 16.5. The summed E-state index contributed by atoms with van der Waals surface area (Å²) in [5.74, 6) is 0.446. The Bertz CT molecular complexity index is 647. The second-order valence-corrected chi connectivity index (χ2v) is 7.32. The SMILES string of the molecule is O=C(NCCc1csc(-c2ccc(Cl)cc2)n1)C1CCCCC1. The highest BCUT2D eigenvalue weighted by Crippen LogP contribution is 2.25. The average molecular weight is 349 g/mol. The van der Waals surface area contributed by atoms with E-state index in [2.05, 4.69) is 15.7 Å². The van der Waals surface area contributed by atoms with Gasteiger partial charge in [-0.05, 0) is 25.0 Å². The van der Waals surface area contributed by atoms with Crippen molar-refractivity contribution in [2.24, 2.45) is 5.92 Å². The molecule has 0 atom stereocenters. The third-order valence-corrected chi connectivity index (χ3v) is 5.49. The number of nitrogens with one attached hydrogen (secondary N) is 1. The van der Waals surface area contributed by atoms with Crippen molar-refractivity contribution in [3.8, 4) is 10.6 Å². The molecule has 0 unspecified atom stereocenters. The van der Waals surface area contributed by atoms with Crippen LogP contribution in [-0.4, -0.2) is 17.4 Å². The van der Waals surface area contributed by atoms with Crippen LogP contribution in [0.2, 0.25) is 5.02 Å². The summed E-state index contributed by atoms with van der Waals surface area (Å²) in [6.07, 6.45) is 6.52. The fraction of sp³-hybridized carbons (Fsp3) is 0.444. The van der Waals surface area contributed by atoms with Crippen LogP contribution in [-0.2, 0) is 11.2 Å². The molecule has 0 spiro atoms. The van der Waals surface area contributed by atoms with E-state index >= 15 is 0 Å². The lowest BCUT2D eigenvalue weighted by atomic mass is 9.89. The second kappa shape index (κ2) is 7.93. The Morgan fingerprint density at radius 1 is 1.22 bits per heavy atom. The molecule has 0 bridgehead atoms. The Hall–Kier alpha value is -1.39. The molecule has 1 aromatic carbocycles. The molecule has 3 nitrogen and oxygen atoms in total. The number of aromatic nitrogens is 1. The van der Waals surface area contributed by atoms with Crippen LogP contribution >= 0.6 is 22.9 Å². The van der Waals surface area contributed by atoms with Gasteiger partial charge in [0.25, 0.3) is 0 Å². The van der Waals surface area contributed by atoms with Crippen LogP contribution in [0.4, 0.5) is 0 Å². The van der Waals surface area contributed by atoms with Crippen LogP contribution in [0.3, 0.4) is 0 Å². The van der Waals surface area contributed by atoms with Crippen molar-refractivity contribution in [2.75, 3.05) is 6.54 Å². The van der Waals surface area contributed by atoms with Gasteiger partial charge in [0.15, 0.2) is 0 Å². The largest absolute Gasteiger partial charge is 0.355 e. The van der Waals surface area contributed by atoms with Gasteiger partial charge in [0.2, 0.25) is 5.91 Å². The Balaban J connectivity index is 1.49. The standard InChI is InChI=1S/C18H21ClN2OS/c19-15-8-6-14(7-9-15)18-21-16(12-23-18)10-11-20-17(22)13-4-2-1-3-5-13/h6-9,12-13H,1-5,10-11H2,(H,20,22). The minimum atomic E-state index is 0.220. The van der Waals surface area contributed by atoms with Crippen LogP contribution in [0.15, 0.2) is 29.6 Å². The number of nitrogens with zero attached hydrogens (tertiary/aromatic N) is 1. The molecule has 1 aromatic heterocycles. The highest BCUT2D eigenvalue weighted by molar-refractivity contribution is 7.13. The van der Waals surface area contributed by atoms with Crippen LogP contribution in [0.1, 0.15) is 37.8 Å². The summed E-state index contributed by atoms with van der Waals surface area (Å²) in [6, 6.07) is 7.72. The normalized spacial score (nSPS) is 15.5. The zero-order chi connectivity index (χ0) is 16.1. The smallest absolute Gasteiger partial charge is 0.223 e. The molecule has 2 aromatic rings. The van der Waals surface area contributed by atoms with E-state index in [0.717, 1.165) is 40.6 Å². The summed E-state index contributed by atoms with van der Waals surface area (Å²) >= 11 is 7.54. The number of hydrogen-bond acceptors (Lipinski definition) is 3. The second-order valence-electron chi connectivity index (χ2n) is 6.03. The Kier molecular flexibility index (Phi) is 5.68. The highest BCUT2D eigenvalue weighted by Gasteiger charge is 2.20. The lowest BCUT2D eigenvalue weighted by molar-refractivity contribution is -0.125. The lowest BCUT2D eigenvalue weighted by Gasteiger charge is -2.20. The number of halogens is 1. The van der Waals surface area contributed by atoms with E-state index in [1.165, 1.54) is 19.3 Å². The summed E-state index contributed by atoms with van der Waals surface area (Å²) in [5, 5.41) is 6.86. The number of hydrogen-bond donors (Lipinski definition) is 1. The maximum atomic E-state index is 12.1. The Labute approximate surface area is 146 Å². The molecule has 1 aliphatic carbocycles. The molecule has 3 rings (SSSR count). The first-order valence-electron chi connectivity index (χ1n) is 8.20. The molecule has 1 amide bonds. The molecule has 122 valence electrons. The van der Waals surface area contributed by atoms with Gasteiger partial charge < -0.3 is 5.32 Å². The fourth-order valence-electron chi connectivity index (χ4n) is 2.97. The number of rotatable bonds is 5. The van der Waals surface area contributed by atoms with Gasteiger partial charge in [-0.1, -0.05) is 43.0 Å². The first-order chi connectivity index (χ1) is 11.2. The summed E-state index contributed by atoms with van der Waals surface area (Å²) in [5.41, 5.74) is 2.11. The molecule has 1 aliphatic rings. The summed E-state index contributed by atoms with van der Waals surface area (Å²) in [4.78, 5) is 16.7. The number of thiazole rings is 1. The van der Waals surface area contributed by atoms with Gasteiger partial charge in [0.05, 0.1) is 5.69 Å². The van der Waals surface area contributed by atoms with Crippen molar-refractivity contribution in [3.05, 3.63) is 40.4 Å². The Morgan fingerprint density at radius 3 is 2.70 bits per heavy atom. The van der Waals surface area contributed by atoms with Crippen LogP contribution in [0, 0.1) is 5.92 Å². The van der Waals surface area contributed by atoms with E-state index < -0.39 is 0 Å². The van der Waals surface area contributed by atoms with Crippen molar-refractivity contribution in [2.45, 2.75) is 38.5 Å². The highest BCUT2D eigenvalue weighted by atomic mass is 35.5. The molecule has 5 heteroatoms. The number of carbonyl (C=O) groups is 1. The van der Waals surface area contributed by atoms with Gasteiger partial charge in [0.1, 0.15) is 5.01 Å². The van der Waals surface area contributed by atoms with E-state index in [0.29, 0.717) is 6.54 Å². The van der Waals surface area contributed by atoms with Crippen molar-refractivity contribution in [1.82, 2.24) is 10.3 Å². The molecular formula is C18H21ClN2OS. The van der Waals surface area contributed by atoms with E-state index in [1.807, 2.05) is 24.3 Å². The van der Waals surface area contributed by atoms with E-state index in [9.17, 15) is 4.79 Å². The van der Waals surface area contributed by atoms with Gasteiger partial charge in [-0.3, -0.25) is 4.79 Å². The van der Waals surface area contributed by atoms with Crippen LogP contribution in [0.25, 0.3) is 10.6 Å². The topological polar surface area (TPSA) is 42.0 Å². The Morgan fingerprint density at radius 2 is 1.96 bits per heavy atom. The van der Waals surface area contributed by atoms with E-state index in [4.69, 9.17) is 11.6 Å². The molecule has 1 heterocycles. The van der Waals surface area contributed by atoms with Crippen molar-refractivity contribution < 1.29 is 4.79 Å². The maximum absolute atomic E-state index is 12.1. The molecule has 0 radical (unpaired) electrons. The van der Waals surface area contributed by atoms with Crippen LogP contribution in [0.5, 0.6) is 0 Å². The van der Waals surface area contributed by atoms with Crippen molar-refractivity contribution in [3.63, 3.8) is 0 Å². The first-order valence-corrected chi connectivity index (χ1v) is 9.46. The number of benzene rings is 1. The van der Waals surface area contributed by atoms with E-state index in [1.54, 1.807) is 11.3 Å². The zero-order valence-corrected chi connectivity index (χ0v) is 14.6. The van der Waals surface area contributed by atoms with Crippen molar-refractivity contribution in [1.29, 1.82) is 0 Å². The van der Waals surface area contributed by atoms with Gasteiger partial charge >= 0.3 is 0 Å². The van der Waals surface area contributed by atoms with Gasteiger partial charge in [-0.15, -0.1) is 11.3 Å². The predicted molar refractivity (Wildman–Crippen MR) is 95.8 cm³/mol. The quantitative estimate of drug-likeness (QED) is 0.850. The molecule has 23 heavy (non-hydrogen) atoms. The summed E-state index contributed by atoms with van der Waals surface area (Å²) in [6.45, 7) is 0.666. The van der Waals surface area contributed by atoms with Gasteiger partial charge in [-0.25, -0.2) is 4.98 Å². The zero-order valence-electron chi connectivity index (χ0n) is 13.1. The molecule has 1 saturated carbocycles. The maximum Gasteiger partial charge on any atom is 0.223 e. The van der Waals surface area contributed by atoms with Crippen molar-refractivity contribution >= 4 is 28.8 Å². The molecule has 0 saturated heterocycles. The third-order valence-electron chi connectivity index (χ3n) is 4.30. The molecule has 0 aliphatic heterocycles. The summed E-state index contributed by atoms with van der Waals surface area (Å²) in [7, 11) is 0. The monoisotopic (exact) mass is 348 g/mol. The number of carbonyl (C=O) groups excluding carboxylic acids is 1. The number of amides is 1. The average Bonchev–Trinajstić information content (AvgIpc) is 3.05. The van der Waals surface area contributed by atoms with Gasteiger partial charge in [0, 0.05) is 34.8 Å². The molecule has 1 fully saturated rings.